The van der Waals surface area contributed by atoms with E-state index in [1.165, 1.54) is 5.56 Å². The summed E-state index contributed by atoms with van der Waals surface area (Å²) >= 11 is 0. The van der Waals surface area contributed by atoms with Gasteiger partial charge in [0.15, 0.2) is 5.69 Å². The molecule has 1 unspecified atom stereocenters. The second-order valence-corrected chi connectivity index (χ2v) is 6.07. The molecule has 1 aromatic heterocycles. The monoisotopic (exact) mass is 346 g/mol. The lowest BCUT2D eigenvalue weighted by atomic mass is 10.1. The molecule has 132 valence electrons. The second-order valence-electron chi connectivity index (χ2n) is 6.07. The molecule has 0 bridgehead atoms. The van der Waals surface area contributed by atoms with Crippen LogP contribution in [-0.4, -0.2) is 22.6 Å². The van der Waals surface area contributed by atoms with Crippen molar-refractivity contribution in [2.45, 2.75) is 19.4 Å². The number of hydrogen-bond acceptors (Lipinski definition) is 4. The number of carbonyl (C=O) groups is 1. The first-order valence-electron chi connectivity index (χ1n) is 8.70. The van der Waals surface area contributed by atoms with Crippen LogP contribution in [0, 0.1) is 0 Å². The summed E-state index contributed by atoms with van der Waals surface area (Å²) in [7, 11) is 0. The molecule has 1 heterocycles. The van der Waals surface area contributed by atoms with Crippen LogP contribution in [-0.2, 0) is 6.42 Å². The Bertz CT molecular complexity index is 820. The molecule has 5 nitrogen and oxygen atoms in total. The molecule has 0 aliphatic carbocycles. The fourth-order valence-electron chi connectivity index (χ4n) is 2.62. The van der Waals surface area contributed by atoms with E-state index in [1.807, 2.05) is 55.5 Å². The Morgan fingerprint density at radius 1 is 0.923 bits per heavy atom. The smallest absolute Gasteiger partial charge is 0.272 e. The summed E-state index contributed by atoms with van der Waals surface area (Å²) in [4.78, 5) is 12.3. The molecule has 3 aromatic rings. The number of aromatic nitrogens is 2. The largest absolute Gasteiger partial charge is 0.368 e. The molecule has 0 aliphatic heterocycles. The van der Waals surface area contributed by atoms with Gasteiger partial charge in [0.05, 0.1) is 6.04 Å². The fourth-order valence-corrected chi connectivity index (χ4v) is 2.62. The van der Waals surface area contributed by atoms with Crippen molar-refractivity contribution in [1.82, 2.24) is 15.5 Å². The van der Waals surface area contributed by atoms with Gasteiger partial charge in [0.1, 0.15) is 5.82 Å². The molecule has 2 N–H and O–H groups in total. The molecule has 0 radical (unpaired) electrons. The van der Waals surface area contributed by atoms with Crippen molar-refractivity contribution < 1.29 is 4.79 Å². The molecule has 0 saturated carbocycles. The van der Waals surface area contributed by atoms with E-state index in [4.69, 9.17) is 0 Å². The van der Waals surface area contributed by atoms with Crippen molar-refractivity contribution in [2.24, 2.45) is 0 Å². The van der Waals surface area contributed by atoms with Crippen molar-refractivity contribution in [1.29, 1.82) is 0 Å². The first-order chi connectivity index (χ1) is 12.7. The Morgan fingerprint density at radius 3 is 2.27 bits per heavy atom. The highest BCUT2D eigenvalue weighted by Crippen LogP contribution is 2.12. The summed E-state index contributed by atoms with van der Waals surface area (Å²) in [6, 6.07) is 23.4. The summed E-state index contributed by atoms with van der Waals surface area (Å²) < 4.78 is 0. The molecule has 1 atom stereocenters. The molecule has 0 saturated heterocycles. The molecule has 2 aromatic carbocycles. The zero-order valence-corrected chi connectivity index (χ0v) is 14.7. The Morgan fingerprint density at radius 2 is 1.62 bits per heavy atom. The predicted octanol–water partition coefficient (Wildman–Crippen LogP) is 3.62. The minimum Gasteiger partial charge on any atom is -0.368 e. The average molecular weight is 346 g/mol. The van der Waals surface area contributed by atoms with E-state index in [2.05, 4.69) is 33.0 Å². The Labute approximate surface area is 153 Å². The van der Waals surface area contributed by atoms with Crippen LogP contribution >= 0.6 is 0 Å². The molecule has 0 aliphatic rings. The zero-order valence-electron chi connectivity index (χ0n) is 14.7. The maximum absolute atomic E-state index is 12.3. The van der Waals surface area contributed by atoms with Crippen LogP contribution in [0.4, 0.5) is 5.82 Å². The van der Waals surface area contributed by atoms with Gasteiger partial charge in [0.2, 0.25) is 0 Å². The number of carbonyl (C=O) groups excluding carboxylic acids is 1. The summed E-state index contributed by atoms with van der Waals surface area (Å²) in [6.45, 7) is 2.70. The third-order valence-electron chi connectivity index (χ3n) is 4.11. The van der Waals surface area contributed by atoms with Gasteiger partial charge in [-0.1, -0.05) is 60.7 Å². The number of amides is 1. The third kappa shape index (κ3) is 4.89. The Balaban J connectivity index is 1.51. The van der Waals surface area contributed by atoms with Crippen molar-refractivity contribution >= 4 is 11.7 Å². The standard InChI is InChI=1S/C21H22N4O/c1-16(18-10-6-3-7-11-18)23-21(26)19-12-13-20(25-24-19)22-15-14-17-8-4-2-5-9-17/h2-13,16H,14-15H2,1H3,(H,22,25)(H,23,26). The molecule has 1 amide bonds. The van der Waals surface area contributed by atoms with Gasteiger partial charge in [0.25, 0.3) is 5.91 Å². The average Bonchev–Trinajstić information content (AvgIpc) is 2.70. The van der Waals surface area contributed by atoms with E-state index in [9.17, 15) is 4.79 Å². The van der Waals surface area contributed by atoms with Crippen molar-refractivity contribution in [3.63, 3.8) is 0 Å². The lowest BCUT2D eigenvalue weighted by Gasteiger charge is -2.13. The lowest BCUT2D eigenvalue weighted by molar-refractivity contribution is 0.0934. The number of hydrogen-bond donors (Lipinski definition) is 2. The van der Waals surface area contributed by atoms with E-state index in [0.29, 0.717) is 11.5 Å². The highest BCUT2D eigenvalue weighted by Gasteiger charge is 2.12. The maximum atomic E-state index is 12.3. The van der Waals surface area contributed by atoms with Crippen LogP contribution in [0.1, 0.15) is 34.6 Å². The predicted molar refractivity (Wildman–Crippen MR) is 103 cm³/mol. The normalized spacial score (nSPS) is 11.6. The van der Waals surface area contributed by atoms with E-state index in [1.54, 1.807) is 12.1 Å². The maximum Gasteiger partial charge on any atom is 0.272 e. The van der Waals surface area contributed by atoms with E-state index >= 15 is 0 Å². The molecule has 0 fully saturated rings. The van der Waals surface area contributed by atoms with Crippen LogP contribution in [0.25, 0.3) is 0 Å². The summed E-state index contributed by atoms with van der Waals surface area (Å²) in [5, 5.41) is 14.3. The first kappa shape index (κ1) is 17.6. The van der Waals surface area contributed by atoms with Crippen LogP contribution in [0.3, 0.4) is 0 Å². The number of rotatable bonds is 7. The van der Waals surface area contributed by atoms with Gasteiger partial charge in [-0.3, -0.25) is 4.79 Å². The highest BCUT2D eigenvalue weighted by atomic mass is 16.2. The summed E-state index contributed by atoms with van der Waals surface area (Å²) in [5.41, 5.74) is 2.62. The molecular formula is C21H22N4O. The summed E-state index contributed by atoms with van der Waals surface area (Å²) in [5.74, 6) is 0.429. The van der Waals surface area contributed by atoms with Crippen LogP contribution < -0.4 is 10.6 Å². The quantitative estimate of drug-likeness (QED) is 0.686. The molecular weight excluding hydrogens is 324 g/mol. The SMILES string of the molecule is CC(NC(=O)c1ccc(NCCc2ccccc2)nn1)c1ccccc1. The van der Waals surface area contributed by atoms with Gasteiger partial charge < -0.3 is 10.6 Å². The van der Waals surface area contributed by atoms with E-state index < -0.39 is 0 Å². The Kier molecular flexibility index (Phi) is 5.93. The molecule has 0 spiro atoms. The van der Waals surface area contributed by atoms with E-state index in [-0.39, 0.29) is 11.9 Å². The van der Waals surface area contributed by atoms with Gasteiger partial charge in [0, 0.05) is 6.54 Å². The second kappa shape index (κ2) is 8.76. The number of nitrogens with zero attached hydrogens (tertiary/aromatic N) is 2. The van der Waals surface area contributed by atoms with E-state index in [0.717, 1.165) is 18.5 Å². The van der Waals surface area contributed by atoms with Gasteiger partial charge in [-0.05, 0) is 36.6 Å². The first-order valence-corrected chi connectivity index (χ1v) is 8.70. The third-order valence-corrected chi connectivity index (χ3v) is 4.11. The topological polar surface area (TPSA) is 66.9 Å². The van der Waals surface area contributed by atoms with Gasteiger partial charge in [-0.25, -0.2) is 0 Å². The van der Waals surface area contributed by atoms with Crippen molar-refractivity contribution in [3.05, 3.63) is 89.6 Å². The fraction of sp³-hybridized carbons (Fsp3) is 0.190. The van der Waals surface area contributed by atoms with Crippen LogP contribution in [0.2, 0.25) is 0 Å². The lowest BCUT2D eigenvalue weighted by Crippen LogP contribution is -2.27. The highest BCUT2D eigenvalue weighted by molar-refractivity contribution is 5.92. The summed E-state index contributed by atoms with van der Waals surface area (Å²) in [6.07, 6.45) is 0.902. The molecule has 3 rings (SSSR count). The minimum atomic E-state index is -0.232. The number of nitrogens with one attached hydrogen (secondary N) is 2. The number of anilines is 1. The minimum absolute atomic E-state index is 0.0887. The van der Waals surface area contributed by atoms with Crippen LogP contribution in [0.15, 0.2) is 72.8 Å². The van der Waals surface area contributed by atoms with Crippen LogP contribution in [0.5, 0.6) is 0 Å². The van der Waals surface area contributed by atoms with Crippen molar-refractivity contribution in [3.8, 4) is 0 Å². The van der Waals surface area contributed by atoms with Gasteiger partial charge in [-0.2, -0.15) is 0 Å². The Hall–Kier alpha value is -3.21. The van der Waals surface area contributed by atoms with Gasteiger partial charge >= 0.3 is 0 Å². The van der Waals surface area contributed by atoms with Gasteiger partial charge in [-0.15, -0.1) is 10.2 Å². The zero-order chi connectivity index (χ0) is 18.2. The van der Waals surface area contributed by atoms with Crippen molar-refractivity contribution in [2.75, 3.05) is 11.9 Å². The number of benzene rings is 2. The molecule has 26 heavy (non-hydrogen) atoms. The molecule has 5 heteroatoms.